The molecule has 1 N–H and O–H groups in total. The van der Waals surface area contributed by atoms with E-state index in [0.29, 0.717) is 0 Å². The van der Waals surface area contributed by atoms with E-state index in [9.17, 15) is 14.0 Å². The van der Waals surface area contributed by atoms with Gasteiger partial charge in [0.15, 0.2) is 17.2 Å². The second-order valence-electron chi connectivity index (χ2n) is 5.91. The molecule has 0 saturated carbocycles. The summed E-state index contributed by atoms with van der Waals surface area (Å²) in [7, 11) is 0. The number of benzene rings is 1. The number of hydrogen-bond donors (Lipinski definition) is 1. The van der Waals surface area contributed by atoms with Crippen LogP contribution in [0.2, 0.25) is 0 Å². The molecule has 0 aliphatic rings. The molecule has 1 amide bonds. The van der Waals surface area contributed by atoms with Crippen LogP contribution in [-0.4, -0.2) is 23.4 Å². The van der Waals surface area contributed by atoms with E-state index in [4.69, 9.17) is 4.52 Å². The summed E-state index contributed by atoms with van der Waals surface area (Å²) in [6.07, 6.45) is 0. The Labute approximate surface area is 127 Å². The summed E-state index contributed by atoms with van der Waals surface area (Å²) in [5, 5.41) is 6.09. The van der Waals surface area contributed by atoms with Gasteiger partial charge in [0, 0.05) is 11.5 Å². The topological polar surface area (TPSA) is 72.2 Å². The van der Waals surface area contributed by atoms with E-state index in [0.717, 1.165) is 0 Å². The van der Waals surface area contributed by atoms with Gasteiger partial charge < -0.3 is 9.84 Å². The van der Waals surface area contributed by atoms with Gasteiger partial charge in [0.2, 0.25) is 0 Å². The molecule has 6 heteroatoms. The molecule has 0 spiro atoms. The third kappa shape index (κ3) is 3.58. The Kier molecular flexibility index (Phi) is 4.40. The predicted octanol–water partition coefficient (Wildman–Crippen LogP) is 2.83. The number of aromatic nitrogens is 1. The van der Waals surface area contributed by atoms with Crippen molar-refractivity contribution >= 4 is 11.7 Å². The molecule has 0 fully saturated rings. The fourth-order valence-electron chi connectivity index (χ4n) is 1.69. The number of hydrogen-bond acceptors (Lipinski definition) is 4. The summed E-state index contributed by atoms with van der Waals surface area (Å²) >= 11 is 0. The molecule has 1 aromatic heterocycles. The third-order valence-electron chi connectivity index (χ3n) is 3.13. The van der Waals surface area contributed by atoms with E-state index in [-0.39, 0.29) is 29.3 Å². The van der Waals surface area contributed by atoms with E-state index in [1.165, 1.54) is 18.2 Å². The van der Waals surface area contributed by atoms with Gasteiger partial charge in [0.1, 0.15) is 5.82 Å². The maximum Gasteiger partial charge on any atom is 0.273 e. The lowest BCUT2D eigenvalue weighted by atomic mass is 9.91. The molecular weight excluding hydrogens is 287 g/mol. The van der Waals surface area contributed by atoms with Gasteiger partial charge in [-0.3, -0.25) is 9.59 Å². The molecule has 0 aliphatic carbocycles. The molecule has 2 rings (SSSR count). The average Bonchev–Trinajstić information content (AvgIpc) is 2.93. The average molecular weight is 304 g/mol. The summed E-state index contributed by atoms with van der Waals surface area (Å²) in [6.45, 7) is 5.22. The highest BCUT2D eigenvalue weighted by Crippen LogP contribution is 2.23. The minimum Gasteiger partial charge on any atom is -0.355 e. The van der Waals surface area contributed by atoms with Gasteiger partial charge in [-0.25, -0.2) is 4.39 Å². The zero-order chi connectivity index (χ0) is 16.3. The van der Waals surface area contributed by atoms with Crippen LogP contribution in [0.5, 0.6) is 0 Å². The number of halogens is 1. The molecule has 0 unspecified atom stereocenters. The molecule has 0 atom stereocenters. The van der Waals surface area contributed by atoms with E-state index < -0.39 is 17.1 Å². The third-order valence-corrected chi connectivity index (χ3v) is 3.13. The van der Waals surface area contributed by atoms with Crippen LogP contribution >= 0.6 is 0 Å². The zero-order valence-corrected chi connectivity index (χ0v) is 12.6. The van der Waals surface area contributed by atoms with E-state index >= 15 is 0 Å². The fourth-order valence-corrected chi connectivity index (χ4v) is 1.69. The lowest BCUT2D eigenvalue weighted by Crippen LogP contribution is -2.35. The van der Waals surface area contributed by atoms with Crippen molar-refractivity contribution in [3.63, 3.8) is 0 Å². The zero-order valence-electron chi connectivity index (χ0n) is 12.6. The van der Waals surface area contributed by atoms with E-state index in [2.05, 4.69) is 10.5 Å². The largest absolute Gasteiger partial charge is 0.355 e. The molecule has 2 aromatic rings. The molecule has 0 bridgehead atoms. The summed E-state index contributed by atoms with van der Waals surface area (Å²) in [5.41, 5.74) is -0.310. The monoisotopic (exact) mass is 304 g/mol. The number of rotatable bonds is 4. The molecule has 1 aromatic carbocycles. The molecule has 5 nitrogen and oxygen atoms in total. The minimum atomic E-state index is -0.538. The first-order valence-corrected chi connectivity index (χ1v) is 6.82. The Balaban J connectivity index is 2.07. The van der Waals surface area contributed by atoms with Crippen LogP contribution in [0, 0.1) is 11.2 Å². The van der Waals surface area contributed by atoms with Crippen molar-refractivity contribution in [3.8, 4) is 11.3 Å². The Morgan fingerprint density at radius 1 is 1.27 bits per heavy atom. The van der Waals surface area contributed by atoms with Gasteiger partial charge in [0.05, 0.1) is 12.1 Å². The van der Waals surface area contributed by atoms with Crippen molar-refractivity contribution in [2.75, 3.05) is 6.54 Å². The molecule has 1 heterocycles. The maximum atomic E-state index is 13.6. The number of nitrogens with zero attached hydrogens (tertiary/aromatic N) is 1. The molecule has 22 heavy (non-hydrogen) atoms. The number of carbonyl (C=O) groups excluding carboxylic acids is 2. The van der Waals surface area contributed by atoms with E-state index in [1.807, 2.05) is 0 Å². The maximum absolute atomic E-state index is 13.6. The van der Waals surface area contributed by atoms with E-state index in [1.54, 1.807) is 32.9 Å². The van der Waals surface area contributed by atoms with Gasteiger partial charge in [-0.05, 0) is 12.1 Å². The smallest absolute Gasteiger partial charge is 0.273 e. The van der Waals surface area contributed by atoms with Crippen LogP contribution < -0.4 is 5.32 Å². The van der Waals surface area contributed by atoms with Crippen molar-refractivity contribution in [3.05, 3.63) is 41.8 Å². The highest BCUT2D eigenvalue weighted by atomic mass is 19.1. The number of carbonyl (C=O) groups is 2. The Morgan fingerprint density at radius 2 is 1.95 bits per heavy atom. The standard InChI is InChI=1S/C16H17FN2O3/c1-16(2,3)14(20)9-18-15(21)12-8-13(22-19-12)10-6-4-5-7-11(10)17/h4-8H,9H2,1-3H3,(H,18,21). The number of nitrogens with one attached hydrogen (secondary N) is 1. The second kappa shape index (κ2) is 6.09. The van der Waals surface area contributed by atoms with Crippen LogP contribution in [0.25, 0.3) is 11.3 Å². The minimum absolute atomic E-state index is 0.0000350. The molecule has 0 radical (unpaired) electrons. The predicted molar refractivity (Wildman–Crippen MR) is 78.7 cm³/mol. The van der Waals surface area contributed by atoms with Crippen molar-refractivity contribution in [2.45, 2.75) is 20.8 Å². The van der Waals surface area contributed by atoms with Crippen molar-refractivity contribution < 1.29 is 18.5 Å². The van der Waals surface area contributed by atoms with Crippen LogP contribution in [-0.2, 0) is 4.79 Å². The highest BCUT2D eigenvalue weighted by molar-refractivity contribution is 5.96. The summed E-state index contributed by atoms with van der Waals surface area (Å²) < 4.78 is 18.6. The van der Waals surface area contributed by atoms with Gasteiger partial charge in [0.25, 0.3) is 5.91 Å². The lowest BCUT2D eigenvalue weighted by Gasteiger charge is -2.16. The second-order valence-corrected chi connectivity index (χ2v) is 5.91. The highest BCUT2D eigenvalue weighted by Gasteiger charge is 2.22. The Morgan fingerprint density at radius 3 is 2.59 bits per heavy atom. The number of Topliss-reactive ketones (excluding diaryl/α,β-unsaturated/α-hetero) is 1. The van der Waals surface area contributed by atoms with Gasteiger partial charge in [-0.2, -0.15) is 0 Å². The van der Waals surface area contributed by atoms with Crippen LogP contribution in [0.4, 0.5) is 4.39 Å². The Hall–Kier alpha value is -2.50. The van der Waals surface area contributed by atoms with Crippen molar-refractivity contribution in [2.24, 2.45) is 5.41 Å². The normalized spacial score (nSPS) is 11.3. The molecular formula is C16H17FN2O3. The number of ketones is 1. The van der Waals surface area contributed by atoms with Crippen LogP contribution in [0.15, 0.2) is 34.9 Å². The first-order chi connectivity index (χ1) is 10.3. The van der Waals surface area contributed by atoms with Gasteiger partial charge in [-0.15, -0.1) is 0 Å². The van der Waals surface area contributed by atoms with Crippen molar-refractivity contribution in [1.82, 2.24) is 10.5 Å². The summed E-state index contributed by atoms with van der Waals surface area (Å²) in [5.74, 6) is -0.943. The number of amides is 1. The van der Waals surface area contributed by atoms with Gasteiger partial charge >= 0.3 is 0 Å². The molecule has 0 saturated heterocycles. The summed E-state index contributed by atoms with van der Waals surface area (Å²) in [6, 6.07) is 7.37. The van der Waals surface area contributed by atoms with Crippen molar-refractivity contribution in [1.29, 1.82) is 0 Å². The van der Waals surface area contributed by atoms with Crippen LogP contribution in [0.3, 0.4) is 0 Å². The van der Waals surface area contributed by atoms with Crippen LogP contribution in [0.1, 0.15) is 31.3 Å². The van der Waals surface area contributed by atoms with Gasteiger partial charge in [-0.1, -0.05) is 38.1 Å². The SMILES string of the molecule is CC(C)(C)C(=O)CNC(=O)c1cc(-c2ccccc2F)on1. The quantitative estimate of drug-likeness (QED) is 0.942. The first-order valence-electron chi connectivity index (χ1n) is 6.82. The lowest BCUT2D eigenvalue weighted by molar-refractivity contribution is -0.125. The fraction of sp³-hybridized carbons (Fsp3) is 0.312. The Bertz CT molecular complexity index is 701. The molecule has 0 aliphatic heterocycles. The molecule has 116 valence electrons. The summed E-state index contributed by atoms with van der Waals surface area (Å²) in [4.78, 5) is 23.7. The first kappa shape index (κ1) is 15.9.